The lowest BCUT2D eigenvalue weighted by Crippen LogP contribution is -2.59. The van der Waals surface area contributed by atoms with E-state index in [1.807, 2.05) is 13.8 Å². The Morgan fingerprint density at radius 2 is 1.78 bits per heavy atom. The summed E-state index contributed by atoms with van der Waals surface area (Å²) in [6.45, 7) is 11.7. The molecule has 0 amide bonds. The summed E-state index contributed by atoms with van der Waals surface area (Å²) >= 11 is 0. The van der Waals surface area contributed by atoms with E-state index < -0.39 is 29.3 Å². The normalized spacial score (nSPS) is 40.4. The van der Waals surface area contributed by atoms with Gasteiger partial charge in [0.05, 0.1) is 17.8 Å². The lowest BCUT2D eigenvalue weighted by atomic mass is 9.49. The van der Waals surface area contributed by atoms with Gasteiger partial charge in [0.2, 0.25) is 0 Å². The summed E-state index contributed by atoms with van der Waals surface area (Å²) in [7, 11) is 0. The molecule has 0 saturated heterocycles. The Hall–Kier alpha value is -0.720. The highest BCUT2D eigenvalue weighted by atomic mass is 16.5. The minimum atomic E-state index is -0.726. The first-order valence-corrected chi connectivity index (χ1v) is 15.2. The summed E-state index contributed by atoms with van der Waals surface area (Å²) in [6.07, 6.45) is 13.5. The molecule has 0 bridgehead atoms. The molecule has 0 unspecified atom stereocenters. The summed E-state index contributed by atoms with van der Waals surface area (Å²) in [4.78, 5) is 0. The Kier molecular flexibility index (Phi) is 9.02. The molecule has 4 aliphatic carbocycles. The predicted octanol–water partition coefficient (Wildman–Crippen LogP) is 5.55. The zero-order chi connectivity index (χ0) is 27.0. The molecule has 5 nitrogen and oxygen atoms in total. The summed E-state index contributed by atoms with van der Waals surface area (Å²) in [5.41, 5.74) is 2.03. The lowest BCUT2D eigenvalue weighted by molar-refractivity contribution is -0.162. The molecule has 4 aliphatic rings. The molecule has 3 fully saturated rings. The molecule has 0 spiro atoms. The van der Waals surface area contributed by atoms with Crippen LogP contribution in [0.2, 0.25) is 0 Å². The topological polar surface area (TPSA) is 90.2 Å². The van der Waals surface area contributed by atoms with Crippen molar-refractivity contribution >= 4 is 0 Å². The number of ether oxygens (including phenoxy) is 1. The second kappa shape index (κ2) is 11.4. The average Bonchev–Trinajstić information content (AvgIpc) is 3.18. The third-order valence-corrected chi connectivity index (χ3v) is 11.1. The highest BCUT2D eigenvalue weighted by molar-refractivity contribution is 5.40. The number of allylic oxidation sites excluding steroid dienone is 3. The molecular formula is C32H54O5. The van der Waals surface area contributed by atoms with Crippen molar-refractivity contribution in [3.63, 3.8) is 0 Å². The minimum Gasteiger partial charge on any atom is -0.396 e. The van der Waals surface area contributed by atoms with Crippen LogP contribution in [0, 0.1) is 34.5 Å². The number of aliphatic hydroxyl groups excluding tert-OH is 3. The zero-order valence-corrected chi connectivity index (χ0v) is 24.1. The van der Waals surface area contributed by atoms with Crippen LogP contribution in [0.3, 0.4) is 0 Å². The van der Waals surface area contributed by atoms with E-state index in [0.717, 1.165) is 38.5 Å². The fourth-order valence-corrected chi connectivity index (χ4v) is 8.90. The maximum atomic E-state index is 11.7. The Morgan fingerprint density at radius 3 is 2.49 bits per heavy atom. The van der Waals surface area contributed by atoms with Gasteiger partial charge in [-0.3, -0.25) is 0 Å². The van der Waals surface area contributed by atoms with Gasteiger partial charge >= 0.3 is 0 Å². The highest BCUT2D eigenvalue weighted by Crippen LogP contribution is 2.66. The van der Waals surface area contributed by atoms with Crippen molar-refractivity contribution in [2.45, 2.75) is 129 Å². The molecule has 3 saturated carbocycles. The number of hydrogen-bond acceptors (Lipinski definition) is 5. The highest BCUT2D eigenvalue weighted by Gasteiger charge is 2.60. The predicted molar refractivity (Wildman–Crippen MR) is 148 cm³/mol. The van der Waals surface area contributed by atoms with Crippen LogP contribution in [0.25, 0.3) is 0 Å². The van der Waals surface area contributed by atoms with Gasteiger partial charge in [-0.15, -0.1) is 0 Å². The monoisotopic (exact) mass is 518 g/mol. The molecule has 0 aliphatic heterocycles. The van der Waals surface area contributed by atoms with Crippen LogP contribution in [-0.4, -0.2) is 57.6 Å². The number of rotatable bonds is 11. The van der Waals surface area contributed by atoms with Crippen molar-refractivity contribution in [2.24, 2.45) is 34.5 Å². The van der Waals surface area contributed by atoms with Crippen LogP contribution in [0.5, 0.6) is 0 Å². The zero-order valence-electron chi connectivity index (χ0n) is 24.1. The third-order valence-electron chi connectivity index (χ3n) is 11.1. The Morgan fingerprint density at radius 1 is 1.03 bits per heavy atom. The standard InChI is InChI=1S/C32H54O5/c1-21(10-9-16-30(2,3)36)24-13-14-25-23-12-11-22-20-27(34)28(37-19-8-6-7-18-33)29(35)32(22,5)26(23)15-17-31(24,25)4/h11-12,21,24-29,33-36H,6-10,13-20H2,1-5H3/t21-,24-,25+,26+,27-,28-,29+,31-,32+/m1/s1. The molecule has 9 atom stereocenters. The number of aliphatic hydroxyl groups is 4. The van der Waals surface area contributed by atoms with Gasteiger partial charge in [0.15, 0.2) is 0 Å². The first-order chi connectivity index (χ1) is 17.4. The van der Waals surface area contributed by atoms with Crippen LogP contribution in [0.4, 0.5) is 0 Å². The molecule has 212 valence electrons. The van der Waals surface area contributed by atoms with Crippen LogP contribution >= 0.6 is 0 Å². The number of fused-ring (bicyclic) bond motifs is 5. The van der Waals surface area contributed by atoms with E-state index in [0.29, 0.717) is 42.1 Å². The summed E-state index contributed by atoms with van der Waals surface area (Å²) in [5, 5.41) is 41.8. The van der Waals surface area contributed by atoms with E-state index in [2.05, 4.69) is 32.9 Å². The van der Waals surface area contributed by atoms with Crippen molar-refractivity contribution in [1.82, 2.24) is 0 Å². The van der Waals surface area contributed by atoms with E-state index >= 15 is 0 Å². The van der Waals surface area contributed by atoms with Crippen molar-refractivity contribution < 1.29 is 25.2 Å². The second-order valence-electron chi connectivity index (χ2n) is 14.0. The number of unbranched alkanes of at least 4 members (excludes halogenated alkanes) is 2. The van der Waals surface area contributed by atoms with Gasteiger partial charge in [0.25, 0.3) is 0 Å². The van der Waals surface area contributed by atoms with Crippen LogP contribution < -0.4 is 0 Å². The van der Waals surface area contributed by atoms with Gasteiger partial charge in [-0.2, -0.15) is 0 Å². The molecule has 4 N–H and O–H groups in total. The van der Waals surface area contributed by atoms with Crippen molar-refractivity contribution in [3.05, 3.63) is 23.3 Å². The van der Waals surface area contributed by atoms with Crippen molar-refractivity contribution in [2.75, 3.05) is 13.2 Å². The van der Waals surface area contributed by atoms with E-state index in [-0.39, 0.29) is 6.61 Å². The first-order valence-electron chi connectivity index (χ1n) is 15.2. The first kappa shape index (κ1) is 29.3. The van der Waals surface area contributed by atoms with Gasteiger partial charge in [0, 0.05) is 18.6 Å². The minimum absolute atomic E-state index is 0.193. The molecule has 0 radical (unpaired) electrons. The average molecular weight is 519 g/mol. The molecule has 0 aromatic rings. The largest absolute Gasteiger partial charge is 0.396 e. The van der Waals surface area contributed by atoms with E-state index in [9.17, 15) is 15.3 Å². The Balaban J connectivity index is 1.48. The second-order valence-corrected chi connectivity index (χ2v) is 14.0. The molecule has 4 rings (SSSR count). The number of hydrogen-bond donors (Lipinski definition) is 4. The molecule has 0 heterocycles. The van der Waals surface area contributed by atoms with Crippen LogP contribution in [-0.2, 0) is 4.74 Å². The summed E-state index contributed by atoms with van der Waals surface area (Å²) in [5.74, 6) is 2.21. The molecule has 5 heteroatoms. The van der Waals surface area contributed by atoms with Crippen LogP contribution in [0.15, 0.2) is 23.3 Å². The quantitative estimate of drug-likeness (QED) is 0.269. The fourth-order valence-electron chi connectivity index (χ4n) is 8.90. The van der Waals surface area contributed by atoms with Crippen molar-refractivity contribution in [1.29, 1.82) is 0 Å². The van der Waals surface area contributed by atoms with E-state index in [1.165, 1.54) is 36.8 Å². The summed E-state index contributed by atoms with van der Waals surface area (Å²) in [6, 6.07) is 0. The SMILES string of the molecule is C[C@H](CCCC(C)(C)O)[C@H]1CC[C@H]2C3=CC=C4C[C@@H](O)[C@@H](OCCCCCO)[C@H](O)[C@]4(C)[C@H]3CC[C@]12C. The maximum Gasteiger partial charge on any atom is 0.110 e. The Bertz CT molecular complexity index is 843. The van der Waals surface area contributed by atoms with Gasteiger partial charge < -0.3 is 25.2 Å². The van der Waals surface area contributed by atoms with Crippen LogP contribution in [0.1, 0.15) is 105 Å². The molecule has 37 heavy (non-hydrogen) atoms. The fraction of sp³-hybridized carbons (Fsp3) is 0.875. The van der Waals surface area contributed by atoms with Crippen molar-refractivity contribution in [3.8, 4) is 0 Å². The van der Waals surface area contributed by atoms with Gasteiger partial charge in [-0.05, 0) is 101 Å². The third kappa shape index (κ3) is 5.63. The maximum absolute atomic E-state index is 11.7. The van der Waals surface area contributed by atoms with Gasteiger partial charge in [-0.25, -0.2) is 0 Å². The van der Waals surface area contributed by atoms with E-state index in [1.54, 1.807) is 0 Å². The Labute approximate surface area is 225 Å². The summed E-state index contributed by atoms with van der Waals surface area (Å²) < 4.78 is 6.12. The van der Waals surface area contributed by atoms with E-state index in [4.69, 9.17) is 9.84 Å². The molecule has 0 aromatic carbocycles. The van der Waals surface area contributed by atoms with Gasteiger partial charge in [-0.1, -0.05) is 56.9 Å². The van der Waals surface area contributed by atoms with Gasteiger partial charge in [0.1, 0.15) is 6.10 Å². The smallest absolute Gasteiger partial charge is 0.110 e. The molecule has 0 aromatic heterocycles. The molecular weight excluding hydrogens is 464 g/mol. The lowest BCUT2D eigenvalue weighted by Gasteiger charge is -2.57.